The summed E-state index contributed by atoms with van der Waals surface area (Å²) in [4.78, 5) is 33.8. The first-order valence-electron chi connectivity index (χ1n) is 9.39. The molecular weight excluding hydrogens is 434 g/mol. The molecule has 0 unspecified atom stereocenters. The van der Waals surface area contributed by atoms with E-state index in [1.54, 1.807) is 34.9 Å². The van der Waals surface area contributed by atoms with Gasteiger partial charge in [0.15, 0.2) is 5.16 Å². The monoisotopic (exact) mass is 455 g/mol. The van der Waals surface area contributed by atoms with Crippen molar-refractivity contribution in [3.8, 4) is 10.4 Å². The first-order chi connectivity index (χ1) is 14.5. The Bertz CT molecular complexity index is 1260. The van der Waals surface area contributed by atoms with Crippen LogP contribution in [-0.2, 0) is 18.4 Å². The Labute approximate surface area is 187 Å². The Hall–Kier alpha value is -2.42. The summed E-state index contributed by atoms with van der Waals surface area (Å²) in [7, 11) is 3.52. The minimum atomic E-state index is -0.0761. The Morgan fingerprint density at radius 2 is 2.00 bits per heavy atom. The molecule has 30 heavy (non-hydrogen) atoms. The molecule has 1 aromatic carbocycles. The summed E-state index contributed by atoms with van der Waals surface area (Å²) < 4.78 is 1.55. The molecule has 8 heteroatoms. The van der Waals surface area contributed by atoms with Crippen LogP contribution < -0.4 is 5.56 Å². The topological polar surface area (TPSA) is 55.2 Å². The van der Waals surface area contributed by atoms with Crippen molar-refractivity contribution in [1.29, 1.82) is 0 Å². The highest BCUT2D eigenvalue weighted by Crippen LogP contribution is 2.34. The minimum Gasteiger partial charge on any atom is -0.341 e. The second-order valence-corrected chi connectivity index (χ2v) is 9.78. The first kappa shape index (κ1) is 20.8. The lowest BCUT2D eigenvalue weighted by atomic mass is 10.1. The third-order valence-electron chi connectivity index (χ3n) is 4.98. The maximum Gasteiger partial charge on any atom is 0.263 e. The average Bonchev–Trinajstić information content (AvgIpc) is 3.40. The quantitative estimate of drug-likeness (QED) is 0.310. The van der Waals surface area contributed by atoms with Crippen LogP contribution >= 0.6 is 34.4 Å². The summed E-state index contributed by atoms with van der Waals surface area (Å²) in [5.41, 5.74) is 3.15. The lowest BCUT2D eigenvalue weighted by molar-refractivity contribution is -0.127. The molecule has 0 fully saturated rings. The number of hydrogen-bond donors (Lipinski definition) is 0. The number of carbonyl (C=O) groups is 1. The lowest BCUT2D eigenvalue weighted by Crippen LogP contribution is -2.28. The number of hydrogen-bond acceptors (Lipinski definition) is 6. The first-order valence-corrected chi connectivity index (χ1v) is 12.1. The van der Waals surface area contributed by atoms with Crippen LogP contribution in [0.4, 0.5) is 0 Å². The van der Waals surface area contributed by atoms with Crippen molar-refractivity contribution in [2.75, 3.05) is 12.8 Å². The fraction of sp³-hybridized carbons (Fsp3) is 0.227. The zero-order valence-electron chi connectivity index (χ0n) is 16.9. The molecule has 0 spiro atoms. The van der Waals surface area contributed by atoms with E-state index in [0.29, 0.717) is 21.9 Å². The maximum atomic E-state index is 13.0. The van der Waals surface area contributed by atoms with Crippen molar-refractivity contribution >= 4 is 50.6 Å². The predicted molar refractivity (Wildman–Crippen MR) is 127 cm³/mol. The molecule has 4 rings (SSSR count). The van der Waals surface area contributed by atoms with Gasteiger partial charge in [0, 0.05) is 36.5 Å². The summed E-state index contributed by atoms with van der Waals surface area (Å²) >= 11 is 4.38. The highest BCUT2D eigenvalue weighted by Gasteiger charge is 2.18. The molecule has 0 radical (unpaired) electrons. The standard InChI is InChI=1S/C22H21N3O2S3/c1-14-7-4-5-8-15(14)11-24(2)18(26)13-30-22-23-20-19(21(27)25(22)3)16(12-29-20)17-9-6-10-28-17/h4-10,12H,11,13H2,1-3H3. The van der Waals surface area contributed by atoms with Gasteiger partial charge in [-0.1, -0.05) is 42.1 Å². The van der Waals surface area contributed by atoms with Gasteiger partial charge in [0.05, 0.1) is 11.1 Å². The Balaban J connectivity index is 1.52. The number of nitrogens with zero attached hydrogens (tertiary/aromatic N) is 3. The van der Waals surface area contributed by atoms with E-state index in [2.05, 4.69) is 4.98 Å². The minimum absolute atomic E-state index is 0.00283. The molecule has 3 heterocycles. The van der Waals surface area contributed by atoms with Crippen LogP contribution in [0.1, 0.15) is 11.1 Å². The molecule has 0 saturated heterocycles. The van der Waals surface area contributed by atoms with Crippen LogP contribution in [-0.4, -0.2) is 33.2 Å². The van der Waals surface area contributed by atoms with Crippen LogP contribution in [0.5, 0.6) is 0 Å². The molecule has 154 valence electrons. The van der Waals surface area contributed by atoms with Crippen LogP contribution in [0.2, 0.25) is 0 Å². The molecule has 0 atom stereocenters. The maximum absolute atomic E-state index is 13.0. The number of thioether (sulfide) groups is 1. The van der Waals surface area contributed by atoms with E-state index in [0.717, 1.165) is 16.0 Å². The van der Waals surface area contributed by atoms with E-state index in [4.69, 9.17) is 0 Å². The summed E-state index contributed by atoms with van der Waals surface area (Å²) in [6, 6.07) is 12.0. The Kier molecular flexibility index (Phi) is 6.08. The third-order valence-corrected chi connectivity index (χ3v) is 7.77. The highest BCUT2D eigenvalue weighted by atomic mass is 32.2. The van der Waals surface area contributed by atoms with E-state index in [1.807, 2.05) is 54.1 Å². The average molecular weight is 456 g/mol. The number of carbonyl (C=O) groups excluding carboxylic acids is 1. The van der Waals surface area contributed by atoms with Gasteiger partial charge in [0.2, 0.25) is 5.91 Å². The van der Waals surface area contributed by atoms with Crippen LogP contribution in [0.3, 0.4) is 0 Å². The number of aromatic nitrogens is 2. The van der Waals surface area contributed by atoms with Crippen LogP contribution in [0, 0.1) is 6.92 Å². The van der Waals surface area contributed by atoms with Crippen molar-refractivity contribution in [3.05, 3.63) is 68.6 Å². The van der Waals surface area contributed by atoms with Gasteiger partial charge >= 0.3 is 0 Å². The third kappa shape index (κ3) is 4.08. The SMILES string of the molecule is Cc1ccccc1CN(C)C(=O)CSc1nc2scc(-c3cccs3)c2c(=O)n1C. The molecule has 0 aliphatic carbocycles. The number of amides is 1. The Morgan fingerprint density at radius 1 is 1.20 bits per heavy atom. The van der Waals surface area contributed by atoms with Crippen LogP contribution in [0.15, 0.2) is 57.1 Å². The predicted octanol–water partition coefficient (Wildman–Crippen LogP) is 4.78. The number of benzene rings is 1. The summed E-state index contributed by atoms with van der Waals surface area (Å²) in [5, 5.41) is 5.20. The molecule has 3 aromatic heterocycles. The van der Waals surface area contributed by atoms with Crippen molar-refractivity contribution < 1.29 is 4.79 Å². The van der Waals surface area contributed by atoms with Crippen molar-refractivity contribution in [2.24, 2.45) is 7.05 Å². The highest BCUT2D eigenvalue weighted by molar-refractivity contribution is 7.99. The molecule has 5 nitrogen and oxygen atoms in total. The smallest absolute Gasteiger partial charge is 0.263 e. The molecule has 4 aromatic rings. The second-order valence-electron chi connectivity index (χ2n) is 7.03. The zero-order chi connectivity index (χ0) is 21.3. The number of thiophene rings is 2. The van der Waals surface area contributed by atoms with Gasteiger partial charge < -0.3 is 4.90 Å². The molecule has 0 saturated carbocycles. The van der Waals surface area contributed by atoms with Crippen LogP contribution in [0.25, 0.3) is 20.7 Å². The van der Waals surface area contributed by atoms with E-state index >= 15 is 0 Å². The largest absolute Gasteiger partial charge is 0.341 e. The number of fused-ring (bicyclic) bond motifs is 1. The lowest BCUT2D eigenvalue weighted by Gasteiger charge is -2.18. The van der Waals surface area contributed by atoms with Gasteiger partial charge in [-0.3, -0.25) is 14.2 Å². The van der Waals surface area contributed by atoms with Gasteiger partial charge in [-0.05, 0) is 29.5 Å². The van der Waals surface area contributed by atoms with E-state index in [1.165, 1.54) is 28.7 Å². The number of rotatable bonds is 6. The van der Waals surface area contributed by atoms with Crippen molar-refractivity contribution in [1.82, 2.24) is 14.5 Å². The van der Waals surface area contributed by atoms with Gasteiger partial charge in [-0.2, -0.15) is 0 Å². The van der Waals surface area contributed by atoms with E-state index in [9.17, 15) is 9.59 Å². The Morgan fingerprint density at radius 3 is 2.73 bits per heavy atom. The fourth-order valence-electron chi connectivity index (χ4n) is 3.16. The summed E-state index contributed by atoms with van der Waals surface area (Å²) in [6.07, 6.45) is 0. The summed E-state index contributed by atoms with van der Waals surface area (Å²) in [6.45, 7) is 2.61. The number of aryl methyl sites for hydroxylation is 1. The molecule has 0 aliphatic heterocycles. The molecule has 0 N–H and O–H groups in total. The van der Waals surface area contributed by atoms with E-state index in [-0.39, 0.29) is 17.2 Å². The molecule has 1 amide bonds. The van der Waals surface area contributed by atoms with Crippen molar-refractivity contribution in [3.63, 3.8) is 0 Å². The van der Waals surface area contributed by atoms with E-state index < -0.39 is 0 Å². The normalized spacial score (nSPS) is 11.2. The van der Waals surface area contributed by atoms with Gasteiger partial charge in [0.1, 0.15) is 4.83 Å². The fourth-order valence-corrected chi connectivity index (χ4v) is 5.88. The van der Waals surface area contributed by atoms with Gasteiger partial charge in [-0.15, -0.1) is 22.7 Å². The summed E-state index contributed by atoms with van der Waals surface area (Å²) in [5.74, 6) is 0.236. The van der Waals surface area contributed by atoms with Crippen molar-refractivity contribution in [2.45, 2.75) is 18.6 Å². The van der Waals surface area contributed by atoms with Gasteiger partial charge in [-0.25, -0.2) is 4.98 Å². The molecular formula is C22H21N3O2S3. The second kappa shape index (κ2) is 8.75. The molecule has 0 bridgehead atoms. The van der Waals surface area contributed by atoms with Gasteiger partial charge in [0.25, 0.3) is 5.56 Å². The zero-order valence-corrected chi connectivity index (χ0v) is 19.4. The molecule has 0 aliphatic rings.